The average molecular weight is 298 g/mol. The molecular weight excluding hydrogens is 276 g/mol. The van der Waals surface area contributed by atoms with Crippen LogP contribution < -0.4 is 5.14 Å². The van der Waals surface area contributed by atoms with Crippen LogP contribution in [0.1, 0.15) is 43.6 Å². The Bertz CT molecular complexity index is 594. The smallest absolute Gasteiger partial charge is 0.254 e. The van der Waals surface area contributed by atoms with Gasteiger partial charge in [0.2, 0.25) is 10.0 Å². The number of primary sulfonamides is 1. The summed E-state index contributed by atoms with van der Waals surface area (Å²) >= 11 is 0. The molecule has 0 aromatic heterocycles. The zero-order valence-corrected chi connectivity index (χ0v) is 13.2. The van der Waals surface area contributed by atoms with Crippen molar-refractivity contribution >= 4 is 15.9 Å². The van der Waals surface area contributed by atoms with Crippen molar-refractivity contribution < 1.29 is 13.2 Å². The standard InChI is InChI=1S/C14H22N2O3S/c1-5-11-7-8-12(20(15,18)19)9-13(11)14(17)16(6-2)10(3)4/h7-10H,5-6H2,1-4H3,(H2,15,18,19). The molecule has 20 heavy (non-hydrogen) atoms. The van der Waals surface area contributed by atoms with Gasteiger partial charge in [-0.3, -0.25) is 4.79 Å². The number of rotatable bonds is 5. The Hall–Kier alpha value is -1.40. The second-order valence-corrected chi connectivity index (χ2v) is 6.46. The number of hydrogen-bond acceptors (Lipinski definition) is 3. The lowest BCUT2D eigenvalue weighted by Crippen LogP contribution is -2.37. The minimum atomic E-state index is -3.81. The Morgan fingerprint density at radius 1 is 1.30 bits per heavy atom. The molecule has 0 fully saturated rings. The lowest BCUT2D eigenvalue weighted by molar-refractivity contribution is 0.0715. The topological polar surface area (TPSA) is 80.5 Å². The van der Waals surface area contributed by atoms with E-state index in [0.717, 1.165) is 5.56 Å². The van der Waals surface area contributed by atoms with Gasteiger partial charge in [0, 0.05) is 18.2 Å². The maximum atomic E-state index is 12.6. The van der Waals surface area contributed by atoms with Crippen LogP contribution in [0.15, 0.2) is 23.1 Å². The quantitative estimate of drug-likeness (QED) is 0.899. The van der Waals surface area contributed by atoms with Gasteiger partial charge in [-0.15, -0.1) is 0 Å². The zero-order chi connectivity index (χ0) is 15.5. The normalized spacial score (nSPS) is 11.7. The second kappa shape index (κ2) is 6.37. The van der Waals surface area contributed by atoms with E-state index in [1.807, 2.05) is 27.7 Å². The minimum Gasteiger partial charge on any atom is -0.336 e. The third-order valence-corrected chi connectivity index (χ3v) is 4.16. The van der Waals surface area contributed by atoms with Gasteiger partial charge in [-0.05, 0) is 44.9 Å². The van der Waals surface area contributed by atoms with Gasteiger partial charge in [0.25, 0.3) is 5.91 Å². The summed E-state index contributed by atoms with van der Waals surface area (Å²) in [5.74, 6) is -0.162. The van der Waals surface area contributed by atoms with E-state index in [1.165, 1.54) is 12.1 Å². The Morgan fingerprint density at radius 3 is 2.30 bits per heavy atom. The predicted octanol–water partition coefficient (Wildman–Crippen LogP) is 1.77. The van der Waals surface area contributed by atoms with E-state index < -0.39 is 10.0 Å². The molecule has 1 aromatic rings. The van der Waals surface area contributed by atoms with Crippen molar-refractivity contribution in [1.29, 1.82) is 0 Å². The van der Waals surface area contributed by atoms with Crippen molar-refractivity contribution in [3.05, 3.63) is 29.3 Å². The molecule has 0 unspecified atom stereocenters. The first kappa shape index (κ1) is 16.7. The number of carbonyl (C=O) groups excluding carboxylic acids is 1. The molecule has 6 heteroatoms. The number of sulfonamides is 1. The van der Waals surface area contributed by atoms with Crippen LogP contribution in [-0.2, 0) is 16.4 Å². The van der Waals surface area contributed by atoms with E-state index in [2.05, 4.69) is 0 Å². The number of nitrogens with zero attached hydrogens (tertiary/aromatic N) is 1. The second-order valence-electron chi connectivity index (χ2n) is 4.90. The molecule has 0 bridgehead atoms. The number of amides is 1. The summed E-state index contributed by atoms with van der Waals surface area (Å²) in [6, 6.07) is 4.52. The highest BCUT2D eigenvalue weighted by molar-refractivity contribution is 7.89. The van der Waals surface area contributed by atoms with E-state index in [-0.39, 0.29) is 16.8 Å². The van der Waals surface area contributed by atoms with E-state index in [4.69, 9.17) is 5.14 Å². The molecule has 0 spiro atoms. The number of aryl methyl sites for hydroxylation is 1. The summed E-state index contributed by atoms with van der Waals surface area (Å²) in [6.07, 6.45) is 0.654. The summed E-state index contributed by atoms with van der Waals surface area (Å²) in [4.78, 5) is 14.2. The fraction of sp³-hybridized carbons (Fsp3) is 0.500. The van der Waals surface area contributed by atoms with Crippen LogP contribution in [0.3, 0.4) is 0 Å². The van der Waals surface area contributed by atoms with Crippen LogP contribution in [0.2, 0.25) is 0 Å². The number of benzene rings is 1. The molecule has 0 heterocycles. The van der Waals surface area contributed by atoms with Crippen molar-refractivity contribution in [3.63, 3.8) is 0 Å². The summed E-state index contributed by atoms with van der Waals surface area (Å²) in [6.45, 7) is 8.24. The number of nitrogens with two attached hydrogens (primary N) is 1. The van der Waals surface area contributed by atoms with Crippen molar-refractivity contribution in [2.24, 2.45) is 5.14 Å². The number of hydrogen-bond donors (Lipinski definition) is 1. The monoisotopic (exact) mass is 298 g/mol. The Balaban J connectivity index is 3.37. The van der Waals surface area contributed by atoms with E-state index in [0.29, 0.717) is 18.5 Å². The minimum absolute atomic E-state index is 0.0298. The third kappa shape index (κ3) is 3.58. The summed E-state index contributed by atoms with van der Waals surface area (Å²) in [5.41, 5.74) is 1.23. The zero-order valence-electron chi connectivity index (χ0n) is 12.4. The summed E-state index contributed by atoms with van der Waals surface area (Å²) < 4.78 is 22.9. The summed E-state index contributed by atoms with van der Waals surface area (Å²) in [7, 11) is -3.81. The maximum Gasteiger partial charge on any atom is 0.254 e. The van der Waals surface area contributed by atoms with Gasteiger partial charge in [-0.2, -0.15) is 0 Å². The molecule has 112 valence electrons. The van der Waals surface area contributed by atoms with E-state index >= 15 is 0 Å². The molecule has 0 aliphatic rings. The molecule has 0 aliphatic carbocycles. The Kier molecular flexibility index (Phi) is 5.30. The Morgan fingerprint density at radius 2 is 1.90 bits per heavy atom. The molecule has 2 N–H and O–H groups in total. The Labute approximate surface area is 120 Å². The largest absolute Gasteiger partial charge is 0.336 e. The molecule has 0 saturated heterocycles. The van der Waals surface area contributed by atoms with Crippen molar-refractivity contribution in [1.82, 2.24) is 4.90 Å². The van der Waals surface area contributed by atoms with Gasteiger partial charge >= 0.3 is 0 Å². The predicted molar refractivity (Wildman–Crippen MR) is 79.0 cm³/mol. The third-order valence-electron chi connectivity index (χ3n) is 3.25. The molecule has 0 atom stereocenters. The highest BCUT2D eigenvalue weighted by Crippen LogP contribution is 2.19. The first-order chi connectivity index (χ1) is 9.22. The average Bonchev–Trinajstić information content (AvgIpc) is 2.37. The fourth-order valence-corrected chi connectivity index (χ4v) is 2.68. The first-order valence-electron chi connectivity index (χ1n) is 6.69. The first-order valence-corrected chi connectivity index (χ1v) is 8.23. The van der Waals surface area contributed by atoms with Crippen LogP contribution in [0, 0.1) is 0 Å². The molecule has 0 aliphatic heterocycles. The van der Waals surface area contributed by atoms with Crippen molar-refractivity contribution in [3.8, 4) is 0 Å². The lowest BCUT2D eigenvalue weighted by atomic mass is 10.0. The van der Waals surface area contributed by atoms with Gasteiger partial charge in [-0.25, -0.2) is 13.6 Å². The van der Waals surface area contributed by atoms with E-state index in [9.17, 15) is 13.2 Å². The molecule has 1 rings (SSSR count). The summed E-state index contributed by atoms with van der Waals surface area (Å²) in [5, 5.41) is 5.13. The molecule has 0 saturated carbocycles. The van der Waals surface area contributed by atoms with Crippen molar-refractivity contribution in [2.75, 3.05) is 6.54 Å². The molecule has 1 amide bonds. The van der Waals surface area contributed by atoms with Crippen LogP contribution in [0.5, 0.6) is 0 Å². The van der Waals surface area contributed by atoms with Crippen molar-refractivity contribution in [2.45, 2.75) is 45.1 Å². The van der Waals surface area contributed by atoms with E-state index in [1.54, 1.807) is 11.0 Å². The van der Waals surface area contributed by atoms with Gasteiger partial charge in [0.05, 0.1) is 4.90 Å². The van der Waals surface area contributed by atoms with Gasteiger partial charge in [0.1, 0.15) is 0 Å². The van der Waals surface area contributed by atoms with Crippen LogP contribution in [-0.4, -0.2) is 31.8 Å². The van der Waals surface area contributed by atoms with Crippen LogP contribution >= 0.6 is 0 Å². The molecule has 1 aromatic carbocycles. The highest BCUT2D eigenvalue weighted by atomic mass is 32.2. The molecule has 5 nitrogen and oxygen atoms in total. The molecule has 0 radical (unpaired) electrons. The fourth-order valence-electron chi connectivity index (χ4n) is 2.14. The number of carbonyl (C=O) groups is 1. The van der Waals surface area contributed by atoms with Crippen LogP contribution in [0.4, 0.5) is 0 Å². The highest BCUT2D eigenvalue weighted by Gasteiger charge is 2.21. The van der Waals surface area contributed by atoms with Gasteiger partial charge in [0.15, 0.2) is 0 Å². The van der Waals surface area contributed by atoms with Gasteiger partial charge in [-0.1, -0.05) is 13.0 Å². The maximum absolute atomic E-state index is 12.6. The van der Waals surface area contributed by atoms with Gasteiger partial charge < -0.3 is 4.90 Å². The SMILES string of the molecule is CCc1ccc(S(N)(=O)=O)cc1C(=O)N(CC)C(C)C. The lowest BCUT2D eigenvalue weighted by Gasteiger charge is -2.26. The molecular formula is C14H22N2O3S. The van der Waals surface area contributed by atoms with Crippen LogP contribution in [0.25, 0.3) is 0 Å².